The van der Waals surface area contributed by atoms with Crippen LogP contribution in [-0.2, 0) is 19.1 Å². The van der Waals surface area contributed by atoms with Crippen molar-refractivity contribution in [1.29, 1.82) is 0 Å². The summed E-state index contributed by atoms with van der Waals surface area (Å²) >= 11 is 0. The number of aliphatic carboxylic acids is 1. The number of hydrogen-bond acceptors (Lipinski definition) is 5. The van der Waals surface area contributed by atoms with Crippen LogP contribution in [0.5, 0.6) is 0 Å². The van der Waals surface area contributed by atoms with Crippen LogP contribution in [0.4, 0.5) is 4.79 Å². The van der Waals surface area contributed by atoms with Gasteiger partial charge in [0.1, 0.15) is 12.0 Å². The van der Waals surface area contributed by atoms with Crippen LogP contribution in [0.3, 0.4) is 0 Å². The van der Waals surface area contributed by atoms with E-state index in [9.17, 15) is 19.5 Å². The zero-order chi connectivity index (χ0) is 23.9. The van der Waals surface area contributed by atoms with Gasteiger partial charge in [0.25, 0.3) is 0 Å². The summed E-state index contributed by atoms with van der Waals surface area (Å²) in [5.74, 6) is -1.46. The number of hydrogen-bond donors (Lipinski definition) is 3. The Morgan fingerprint density at radius 3 is 2.26 bits per heavy atom. The third-order valence-corrected chi connectivity index (χ3v) is 7.44. The van der Waals surface area contributed by atoms with E-state index in [-0.39, 0.29) is 43.6 Å². The highest BCUT2D eigenvalue weighted by atomic mass is 16.5. The number of benzene rings is 2. The molecule has 3 aliphatic rings. The smallest absolute Gasteiger partial charge is 0.407 e. The first kappa shape index (κ1) is 22.4. The number of nitrogens with one attached hydrogen (secondary N) is 2. The van der Waals surface area contributed by atoms with Crippen molar-refractivity contribution >= 4 is 18.0 Å². The van der Waals surface area contributed by atoms with Crippen LogP contribution in [0.15, 0.2) is 48.5 Å². The van der Waals surface area contributed by atoms with E-state index in [4.69, 9.17) is 9.47 Å². The SMILES string of the molecule is CC1(C(=O)O)COCC1NC(=O)C1CC(NC(=O)OCC2c3ccccc3-c3ccccc32)C1. The molecule has 5 rings (SSSR count). The summed E-state index contributed by atoms with van der Waals surface area (Å²) in [5.41, 5.74) is 3.53. The molecule has 2 fully saturated rings. The molecule has 2 aliphatic carbocycles. The van der Waals surface area contributed by atoms with Crippen LogP contribution in [0.1, 0.15) is 36.8 Å². The first-order chi connectivity index (χ1) is 16.4. The van der Waals surface area contributed by atoms with Crippen molar-refractivity contribution in [3.05, 3.63) is 59.7 Å². The molecule has 1 saturated carbocycles. The van der Waals surface area contributed by atoms with Crippen LogP contribution in [0.25, 0.3) is 11.1 Å². The monoisotopic (exact) mass is 464 g/mol. The van der Waals surface area contributed by atoms with E-state index < -0.39 is 23.5 Å². The van der Waals surface area contributed by atoms with Gasteiger partial charge >= 0.3 is 12.1 Å². The van der Waals surface area contributed by atoms with Crippen molar-refractivity contribution in [3.63, 3.8) is 0 Å². The van der Waals surface area contributed by atoms with Gasteiger partial charge in [-0.15, -0.1) is 0 Å². The maximum absolute atomic E-state index is 12.6. The minimum atomic E-state index is -1.13. The van der Waals surface area contributed by atoms with Crippen LogP contribution in [0, 0.1) is 11.3 Å². The van der Waals surface area contributed by atoms with Crippen molar-refractivity contribution in [1.82, 2.24) is 10.6 Å². The van der Waals surface area contributed by atoms with Gasteiger partial charge < -0.3 is 25.2 Å². The highest BCUT2D eigenvalue weighted by Crippen LogP contribution is 2.44. The fraction of sp³-hybridized carbons (Fsp3) is 0.423. The molecule has 2 unspecified atom stereocenters. The van der Waals surface area contributed by atoms with Crippen molar-refractivity contribution in [2.24, 2.45) is 11.3 Å². The van der Waals surface area contributed by atoms with Gasteiger partial charge in [0, 0.05) is 17.9 Å². The lowest BCUT2D eigenvalue weighted by atomic mass is 9.78. The first-order valence-corrected chi connectivity index (χ1v) is 11.6. The topological polar surface area (TPSA) is 114 Å². The van der Waals surface area contributed by atoms with E-state index in [1.807, 2.05) is 24.3 Å². The summed E-state index contributed by atoms with van der Waals surface area (Å²) in [6.45, 7) is 2.08. The molecule has 0 bridgehead atoms. The normalized spacial score (nSPS) is 27.3. The van der Waals surface area contributed by atoms with Crippen molar-refractivity contribution in [2.75, 3.05) is 19.8 Å². The largest absolute Gasteiger partial charge is 0.481 e. The molecule has 2 amide bonds. The second-order valence-corrected chi connectivity index (χ2v) is 9.63. The quantitative estimate of drug-likeness (QED) is 0.606. The highest BCUT2D eigenvalue weighted by molar-refractivity contribution is 5.83. The lowest BCUT2D eigenvalue weighted by Crippen LogP contribution is -2.55. The Morgan fingerprint density at radius 2 is 1.65 bits per heavy atom. The summed E-state index contributed by atoms with van der Waals surface area (Å²) in [5, 5.41) is 15.1. The van der Waals surface area contributed by atoms with Gasteiger partial charge in [0.2, 0.25) is 5.91 Å². The number of carbonyl (C=O) groups excluding carboxylic acids is 2. The third-order valence-electron chi connectivity index (χ3n) is 7.44. The van der Waals surface area contributed by atoms with E-state index in [1.54, 1.807) is 6.92 Å². The van der Waals surface area contributed by atoms with Crippen molar-refractivity contribution < 1.29 is 29.0 Å². The summed E-state index contributed by atoms with van der Waals surface area (Å²) < 4.78 is 10.9. The molecule has 2 aromatic carbocycles. The molecule has 178 valence electrons. The molecule has 0 spiro atoms. The Morgan fingerprint density at radius 1 is 1.03 bits per heavy atom. The van der Waals surface area contributed by atoms with Gasteiger partial charge in [-0.3, -0.25) is 9.59 Å². The number of carboxylic acids is 1. The molecule has 8 heteroatoms. The number of rotatable bonds is 6. The summed E-state index contributed by atoms with van der Waals surface area (Å²) in [4.78, 5) is 36.5. The molecule has 8 nitrogen and oxygen atoms in total. The molecular formula is C26H28N2O6. The number of carbonyl (C=O) groups is 3. The van der Waals surface area contributed by atoms with Crippen LogP contribution < -0.4 is 10.6 Å². The average molecular weight is 465 g/mol. The van der Waals surface area contributed by atoms with Crippen molar-refractivity contribution in [3.8, 4) is 11.1 Å². The molecule has 1 heterocycles. The molecule has 1 saturated heterocycles. The van der Waals surface area contributed by atoms with E-state index >= 15 is 0 Å². The van der Waals surface area contributed by atoms with Gasteiger partial charge in [0.15, 0.2) is 0 Å². The summed E-state index contributed by atoms with van der Waals surface area (Å²) in [6, 6.07) is 15.6. The second kappa shape index (κ2) is 8.76. The standard InChI is InChI=1S/C26H28N2O6/c1-26(24(30)31)14-33-13-22(26)28-23(29)15-10-16(11-15)27-25(32)34-12-21-19-8-4-2-6-17(19)18-7-3-5-9-20(18)21/h2-9,15-16,21-22H,10-14H2,1H3,(H,27,32)(H,28,29)(H,30,31). The molecule has 2 aromatic rings. The average Bonchev–Trinajstić information content (AvgIpc) is 3.33. The lowest BCUT2D eigenvalue weighted by Gasteiger charge is -2.36. The molecule has 2 atom stereocenters. The zero-order valence-corrected chi connectivity index (χ0v) is 19.0. The van der Waals surface area contributed by atoms with Gasteiger partial charge in [-0.2, -0.15) is 0 Å². The fourth-order valence-electron chi connectivity index (χ4n) is 5.13. The molecule has 0 radical (unpaired) electrons. The molecule has 0 aromatic heterocycles. The predicted octanol–water partition coefficient (Wildman–Crippen LogP) is 2.91. The second-order valence-electron chi connectivity index (χ2n) is 9.63. The molecule has 3 N–H and O–H groups in total. The Balaban J connectivity index is 1.10. The summed E-state index contributed by atoms with van der Waals surface area (Å²) in [7, 11) is 0. The van der Waals surface area contributed by atoms with E-state index in [1.165, 1.54) is 11.1 Å². The Kier molecular flexibility index (Phi) is 5.77. The van der Waals surface area contributed by atoms with Gasteiger partial charge in [-0.05, 0) is 42.0 Å². The fourth-order valence-corrected chi connectivity index (χ4v) is 5.13. The maximum Gasteiger partial charge on any atom is 0.407 e. The van der Waals surface area contributed by atoms with E-state index in [0.29, 0.717) is 12.8 Å². The number of fused-ring (bicyclic) bond motifs is 3. The van der Waals surface area contributed by atoms with Crippen molar-refractivity contribution in [2.45, 2.75) is 37.8 Å². The predicted molar refractivity (Wildman–Crippen MR) is 123 cm³/mol. The Labute approximate surface area is 197 Å². The van der Waals surface area contributed by atoms with Gasteiger partial charge in [-0.1, -0.05) is 48.5 Å². The van der Waals surface area contributed by atoms with Gasteiger partial charge in [0.05, 0.1) is 19.3 Å². The molecule has 34 heavy (non-hydrogen) atoms. The summed E-state index contributed by atoms with van der Waals surface area (Å²) in [6.07, 6.45) is 0.495. The number of amides is 2. The van der Waals surface area contributed by atoms with Crippen LogP contribution >= 0.6 is 0 Å². The van der Waals surface area contributed by atoms with Gasteiger partial charge in [-0.25, -0.2) is 4.79 Å². The Hall–Kier alpha value is -3.39. The van der Waals surface area contributed by atoms with Crippen LogP contribution in [-0.4, -0.2) is 55.0 Å². The minimum Gasteiger partial charge on any atom is -0.481 e. The molecular weight excluding hydrogens is 436 g/mol. The molecule has 1 aliphatic heterocycles. The maximum atomic E-state index is 12.6. The van der Waals surface area contributed by atoms with Crippen LogP contribution in [0.2, 0.25) is 0 Å². The highest BCUT2D eigenvalue weighted by Gasteiger charge is 2.48. The first-order valence-electron chi connectivity index (χ1n) is 11.6. The number of ether oxygens (including phenoxy) is 2. The third kappa shape index (κ3) is 3.92. The zero-order valence-electron chi connectivity index (χ0n) is 19.0. The minimum absolute atomic E-state index is 0.00440. The van der Waals surface area contributed by atoms with E-state index in [2.05, 4.69) is 34.9 Å². The van der Waals surface area contributed by atoms with E-state index in [0.717, 1.165) is 11.1 Å². The number of carboxylic acid groups (broad SMARTS) is 1. The lowest BCUT2D eigenvalue weighted by molar-refractivity contribution is -0.149. The Bertz CT molecular complexity index is 1080. The number of alkyl carbamates (subject to hydrolysis) is 1.